The highest BCUT2D eigenvalue weighted by atomic mass is 15.0. The van der Waals surface area contributed by atoms with E-state index in [2.05, 4.69) is 60.4 Å². The lowest BCUT2D eigenvalue weighted by molar-refractivity contribution is 0.402. The maximum atomic E-state index is 5.50. The molecule has 0 aliphatic rings. The van der Waals surface area contributed by atoms with Crippen LogP contribution in [0, 0.1) is 0 Å². The first-order chi connectivity index (χ1) is 12.1. The first kappa shape index (κ1) is 17.3. The number of hydrogen-bond donors (Lipinski definition) is 1. The molecule has 0 bridgehead atoms. The highest BCUT2D eigenvalue weighted by Gasteiger charge is 2.03. The van der Waals surface area contributed by atoms with E-state index in [9.17, 15) is 0 Å². The molecule has 2 aromatic carbocycles. The Labute approximate surface area is 149 Å². The topological polar surface area (TPSA) is 55.0 Å². The van der Waals surface area contributed by atoms with Gasteiger partial charge in [0.2, 0.25) is 0 Å². The Morgan fingerprint density at radius 3 is 2.52 bits per heavy atom. The summed E-state index contributed by atoms with van der Waals surface area (Å²) in [4.78, 5) is 11.4. The van der Waals surface area contributed by atoms with Crippen LogP contribution in [0.5, 0.6) is 0 Å². The quantitative estimate of drug-likeness (QED) is 0.753. The van der Waals surface area contributed by atoms with Gasteiger partial charge in [0, 0.05) is 31.1 Å². The Bertz CT molecular complexity index is 867. The van der Waals surface area contributed by atoms with Crippen LogP contribution in [0.2, 0.25) is 0 Å². The van der Waals surface area contributed by atoms with E-state index in [0.29, 0.717) is 6.54 Å². The van der Waals surface area contributed by atoms with E-state index in [-0.39, 0.29) is 0 Å². The molecule has 0 saturated heterocycles. The predicted molar refractivity (Wildman–Crippen MR) is 104 cm³/mol. The molecule has 25 heavy (non-hydrogen) atoms. The minimum atomic E-state index is 0.542. The summed E-state index contributed by atoms with van der Waals surface area (Å²) in [5.74, 6) is 0.845. The molecule has 3 aromatic rings. The van der Waals surface area contributed by atoms with Crippen molar-refractivity contribution in [2.24, 2.45) is 5.73 Å². The van der Waals surface area contributed by atoms with Gasteiger partial charge in [0.15, 0.2) is 0 Å². The lowest BCUT2D eigenvalue weighted by Gasteiger charge is -2.10. The highest BCUT2D eigenvalue weighted by molar-refractivity contribution is 5.80. The van der Waals surface area contributed by atoms with Crippen molar-refractivity contribution in [1.29, 1.82) is 0 Å². The molecular formula is C21H24N4. The average molecular weight is 332 g/mol. The van der Waals surface area contributed by atoms with Crippen LogP contribution in [0.1, 0.15) is 22.5 Å². The van der Waals surface area contributed by atoms with Gasteiger partial charge in [0.25, 0.3) is 0 Å². The largest absolute Gasteiger partial charge is 0.327 e. The summed E-state index contributed by atoms with van der Waals surface area (Å²) in [6.45, 7) is 1.49. The van der Waals surface area contributed by atoms with Gasteiger partial charge in [-0.2, -0.15) is 0 Å². The predicted octanol–water partition coefficient (Wildman–Crippen LogP) is 3.25. The van der Waals surface area contributed by atoms with E-state index in [1.54, 1.807) is 0 Å². The summed E-state index contributed by atoms with van der Waals surface area (Å²) in [5, 5.41) is 1.05. The van der Waals surface area contributed by atoms with Gasteiger partial charge >= 0.3 is 0 Å². The van der Waals surface area contributed by atoms with E-state index in [1.807, 2.05) is 24.4 Å². The summed E-state index contributed by atoms with van der Waals surface area (Å²) < 4.78 is 0. The van der Waals surface area contributed by atoms with Crippen LogP contribution in [0.3, 0.4) is 0 Å². The van der Waals surface area contributed by atoms with Gasteiger partial charge in [-0.05, 0) is 42.9 Å². The minimum Gasteiger partial charge on any atom is -0.327 e. The van der Waals surface area contributed by atoms with Crippen LogP contribution in [-0.4, -0.2) is 35.5 Å². The molecule has 4 heteroatoms. The fraction of sp³-hybridized carbons (Fsp3) is 0.238. The Morgan fingerprint density at radius 1 is 1.04 bits per heavy atom. The van der Waals surface area contributed by atoms with E-state index in [1.165, 1.54) is 11.1 Å². The second kappa shape index (κ2) is 8.01. The van der Waals surface area contributed by atoms with Crippen LogP contribution in [-0.2, 0) is 13.0 Å². The number of nitrogens with two attached hydrogens (primary N) is 1. The third kappa shape index (κ3) is 4.72. The number of rotatable bonds is 6. The van der Waals surface area contributed by atoms with Crippen molar-refractivity contribution < 1.29 is 0 Å². The van der Waals surface area contributed by atoms with Gasteiger partial charge in [-0.25, -0.2) is 9.97 Å². The van der Waals surface area contributed by atoms with Gasteiger partial charge in [-0.3, -0.25) is 0 Å². The van der Waals surface area contributed by atoms with E-state index in [0.717, 1.165) is 35.3 Å². The summed E-state index contributed by atoms with van der Waals surface area (Å²) >= 11 is 0. The molecular weight excluding hydrogens is 308 g/mol. The lowest BCUT2D eigenvalue weighted by Crippen LogP contribution is -2.10. The summed E-state index contributed by atoms with van der Waals surface area (Å²) in [7, 11) is 4.15. The summed E-state index contributed by atoms with van der Waals surface area (Å²) in [6, 6.07) is 14.8. The standard InChI is InChI=1S/C21H24N4/c1-25(2)15-18-7-5-17(6-8-18)13-21-23-14-19-12-16(4-3-11-22)9-10-20(19)24-21/h3-10,12,14H,11,13,15,22H2,1-2H3/b4-3+. The zero-order chi connectivity index (χ0) is 17.6. The molecule has 0 aliphatic carbocycles. The molecule has 0 atom stereocenters. The zero-order valence-corrected chi connectivity index (χ0v) is 14.8. The second-order valence-electron chi connectivity index (χ2n) is 6.47. The summed E-state index contributed by atoms with van der Waals surface area (Å²) in [6.07, 6.45) is 6.60. The lowest BCUT2D eigenvalue weighted by atomic mass is 10.1. The highest BCUT2D eigenvalue weighted by Crippen LogP contribution is 2.16. The van der Waals surface area contributed by atoms with Gasteiger partial charge in [-0.15, -0.1) is 0 Å². The average Bonchev–Trinajstić information content (AvgIpc) is 2.61. The van der Waals surface area contributed by atoms with Crippen LogP contribution >= 0.6 is 0 Å². The second-order valence-corrected chi connectivity index (χ2v) is 6.47. The first-order valence-electron chi connectivity index (χ1n) is 8.49. The molecule has 0 radical (unpaired) electrons. The normalized spacial score (nSPS) is 11.7. The SMILES string of the molecule is CN(C)Cc1ccc(Cc2ncc3cc(/C=C/CN)ccc3n2)cc1. The molecule has 0 amide bonds. The van der Waals surface area contributed by atoms with Crippen LogP contribution in [0.15, 0.2) is 54.7 Å². The Morgan fingerprint density at radius 2 is 1.80 bits per heavy atom. The van der Waals surface area contributed by atoms with Crippen LogP contribution < -0.4 is 5.73 Å². The van der Waals surface area contributed by atoms with E-state index < -0.39 is 0 Å². The Hall–Kier alpha value is -2.56. The number of hydrogen-bond acceptors (Lipinski definition) is 4. The fourth-order valence-corrected chi connectivity index (χ4v) is 2.79. The number of aromatic nitrogens is 2. The van der Waals surface area contributed by atoms with Crippen LogP contribution in [0.25, 0.3) is 17.0 Å². The Balaban J connectivity index is 1.76. The van der Waals surface area contributed by atoms with E-state index >= 15 is 0 Å². The molecule has 2 N–H and O–H groups in total. The molecule has 0 unspecified atom stereocenters. The Kier molecular flexibility index (Phi) is 5.53. The molecule has 3 rings (SSSR count). The molecule has 0 saturated carbocycles. The molecule has 1 aromatic heterocycles. The number of benzene rings is 2. The molecule has 4 nitrogen and oxygen atoms in total. The van der Waals surface area contributed by atoms with Crippen molar-refractivity contribution in [1.82, 2.24) is 14.9 Å². The van der Waals surface area contributed by atoms with Crippen molar-refractivity contribution in [3.63, 3.8) is 0 Å². The first-order valence-corrected chi connectivity index (χ1v) is 8.49. The van der Waals surface area contributed by atoms with Crippen molar-refractivity contribution in [2.75, 3.05) is 20.6 Å². The maximum Gasteiger partial charge on any atom is 0.133 e. The molecule has 128 valence electrons. The van der Waals surface area contributed by atoms with Crippen molar-refractivity contribution in [3.05, 3.63) is 77.3 Å². The molecule has 0 aliphatic heterocycles. The van der Waals surface area contributed by atoms with Gasteiger partial charge in [-0.1, -0.05) is 42.5 Å². The third-order valence-corrected chi connectivity index (χ3v) is 3.98. The van der Waals surface area contributed by atoms with Crippen LogP contribution in [0.4, 0.5) is 0 Å². The van der Waals surface area contributed by atoms with Crippen molar-refractivity contribution >= 4 is 17.0 Å². The fourth-order valence-electron chi connectivity index (χ4n) is 2.79. The zero-order valence-electron chi connectivity index (χ0n) is 14.8. The molecule has 0 spiro atoms. The smallest absolute Gasteiger partial charge is 0.133 e. The van der Waals surface area contributed by atoms with Gasteiger partial charge < -0.3 is 10.6 Å². The third-order valence-electron chi connectivity index (χ3n) is 3.98. The molecule has 1 heterocycles. The van der Waals surface area contributed by atoms with Crippen molar-refractivity contribution in [2.45, 2.75) is 13.0 Å². The minimum absolute atomic E-state index is 0.542. The van der Waals surface area contributed by atoms with Crippen molar-refractivity contribution in [3.8, 4) is 0 Å². The number of nitrogens with zero attached hydrogens (tertiary/aromatic N) is 3. The monoisotopic (exact) mass is 332 g/mol. The summed E-state index contributed by atoms with van der Waals surface area (Å²) in [5.41, 5.74) is 10.1. The van der Waals surface area contributed by atoms with Gasteiger partial charge in [0.05, 0.1) is 5.52 Å². The van der Waals surface area contributed by atoms with E-state index in [4.69, 9.17) is 10.7 Å². The number of fused-ring (bicyclic) bond motifs is 1. The maximum absolute atomic E-state index is 5.50. The molecule has 0 fully saturated rings. The van der Waals surface area contributed by atoms with Gasteiger partial charge in [0.1, 0.15) is 5.82 Å².